The molecule has 1 saturated carbocycles. The van der Waals surface area contributed by atoms with Gasteiger partial charge in [0.05, 0.1) is 17.7 Å². The second kappa shape index (κ2) is 9.41. The summed E-state index contributed by atoms with van der Waals surface area (Å²) in [6.45, 7) is 10.7. The van der Waals surface area contributed by atoms with Gasteiger partial charge in [-0.15, -0.1) is 6.58 Å². The first kappa shape index (κ1) is 25.1. The van der Waals surface area contributed by atoms with Crippen LogP contribution < -0.4 is 15.4 Å². The number of nitrogens with one attached hydrogen (secondary N) is 2. The van der Waals surface area contributed by atoms with Crippen LogP contribution in [0, 0.1) is 5.41 Å². The highest BCUT2D eigenvalue weighted by Gasteiger charge is 2.42. The third-order valence-corrected chi connectivity index (χ3v) is 5.94. The van der Waals surface area contributed by atoms with Crippen LogP contribution in [0.1, 0.15) is 64.5 Å². The molecule has 3 rings (SSSR count). The van der Waals surface area contributed by atoms with E-state index in [4.69, 9.17) is 4.74 Å². The fourth-order valence-electron chi connectivity index (χ4n) is 4.10. The van der Waals surface area contributed by atoms with Crippen LogP contribution in [0.15, 0.2) is 31.0 Å². The number of rotatable bonds is 9. The molecule has 1 fully saturated rings. The summed E-state index contributed by atoms with van der Waals surface area (Å²) in [6, 6.07) is 1.15. The third kappa shape index (κ3) is 6.31. The van der Waals surface area contributed by atoms with Crippen LogP contribution in [0.3, 0.4) is 0 Å². The van der Waals surface area contributed by atoms with E-state index in [1.54, 1.807) is 0 Å². The number of aliphatic hydroxyl groups is 1. The quantitative estimate of drug-likeness (QED) is 0.483. The molecule has 1 aliphatic carbocycles. The van der Waals surface area contributed by atoms with Crippen LogP contribution in [0.5, 0.6) is 5.88 Å². The molecule has 2 heterocycles. The van der Waals surface area contributed by atoms with Crippen LogP contribution >= 0.6 is 0 Å². The lowest BCUT2D eigenvalue weighted by Crippen LogP contribution is -2.51. The van der Waals surface area contributed by atoms with Crippen molar-refractivity contribution in [1.29, 1.82) is 0 Å². The number of halogens is 2. The molecule has 33 heavy (non-hydrogen) atoms. The van der Waals surface area contributed by atoms with Crippen molar-refractivity contribution in [3.05, 3.63) is 42.1 Å². The maximum Gasteiger partial charge on any atom is 0.321 e. The van der Waals surface area contributed by atoms with Crippen LogP contribution in [-0.4, -0.2) is 46.2 Å². The molecule has 0 aromatic carbocycles. The minimum atomic E-state index is -3.53. The normalized spacial score (nSPS) is 18.8. The van der Waals surface area contributed by atoms with Crippen LogP contribution in [-0.2, 0) is 11.2 Å². The number of hydrogen-bond acceptors (Lipinski definition) is 5. The topological polar surface area (TPSA) is 83.5 Å². The standard InChI is InChI=1S/C25H35F2N3O3/c1-6-8-18(30-22(32)24(5,26)27)20(31)15-28-19-13-25(9-7-10-25)33-21-17(19)11-16(14-29-21)12-23(2,3)4/h6,11,13-14,18,20,28,31H,1,7-10,12,15H2,2-5H3,(H,30,32)/t18-,20?/m0/s1. The van der Waals surface area contributed by atoms with Crippen molar-refractivity contribution < 1.29 is 23.4 Å². The van der Waals surface area contributed by atoms with E-state index in [1.807, 2.05) is 18.3 Å². The molecule has 0 radical (unpaired) electrons. The monoisotopic (exact) mass is 463 g/mol. The second-order valence-electron chi connectivity index (χ2n) is 10.5. The van der Waals surface area contributed by atoms with E-state index in [2.05, 4.69) is 43.0 Å². The fourth-order valence-corrected chi connectivity index (χ4v) is 4.10. The van der Waals surface area contributed by atoms with Gasteiger partial charge in [-0.2, -0.15) is 8.78 Å². The average Bonchev–Trinajstić information content (AvgIpc) is 2.68. The lowest BCUT2D eigenvalue weighted by molar-refractivity contribution is -0.144. The second-order valence-corrected chi connectivity index (χ2v) is 10.5. The summed E-state index contributed by atoms with van der Waals surface area (Å²) in [5.41, 5.74) is 2.36. The number of pyridine rings is 1. The molecular formula is C25H35F2N3O3. The Morgan fingerprint density at radius 1 is 1.36 bits per heavy atom. The number of amides is 1. The van der Waals surface area contributed by atoms with Gasteiger partial charge in [0.25, 0.3) is 5.91 Å². The molecule has 1 aromatic heterocycles. The van der Waals surface area contributed by atoms with Gasteiger partial charge in [0.2, 0.25) is 5.88 Å². The lowest BCUT2D eigenvalue weighted by Gasteiger charge is -2.43. The van der Waals surface area contributed by atoms with Crippen molar-refractivity contribution in [2.75, 3.05) is 6.54 Å². The number of nitrogens with zero attached hydrogens (tertiary/aromatic N) is 1. The highest BCUT2D eigenvalue weighted by atomic mass is 19.3. The number of carbonyl (C=O) groups is 1. The number of ether oxygens (including phenoxy) is 1. The zero-order chi connectivity index (χ0) is 24.4. The van der Waals surface area contributed by atoms with Crippen molar-refractivity contribution in [3.8, 4) is 5.88 Å². The first-order chi connectivity index (χ1) is 15.3. The summed E-state index contributed by atoms with van der Waals surface area (Å²) in [5, 5.41) is 16.2. The zero-order valence-electron chi connectivity index (χ0n) is 19.9. The molecule has 1 aromatic rings. The van der Waals surface area contributed by atoms with Gasteiger partial charge >= 0.3 is 5.92 Å². The Labute approximate surface area is 194 Å². The molecule has 0 bridgehead atoms. The summed E-state index contributed by atoms with van der Waals surface area (Å²) >= 11 is 0. The van der Waals surface area contributed by atoms with Crippen molar-refractivity contribution in [3.63, 3.8) is 0 Å². The molecule has 0 saturated heterocycles. The predicted molar refractivity (Wildman–Crippen MR) is 124 cm³/mol. The third-order valence-electron chi connectivity index (χ3n) is 5.94. The van der Waals surface area contributed by atoms with Gasteiger partial charge in [0.1, 0.15) is 5.60 Å². The van der Waals surface area contributed by atoms with Crippen LogP contribution in [0.2, 0.25) is 0 Å². The summed E-state index contributed by atoms with van der Waals surface area (Å²) in [6.07, 6.45) is 8.07. The van der Waals surface area contributed by atoms with E-state index >= 15 is 0 Å². The highest BCUT2D eigenvalue weighted by molar-refractivity contribution is 5.83. The van der Waals surface area contributed by atoms with E-state index < -0.39 is 29.6 Å². The molecule has 8 heteroatoms. The van der Waals surface area contributed by atoms with Crippen molar-refractivity contribution in [1.82, 2.24) is 15.6 Å². The largest absolute Gasteiger partial charge is 0.466 e. The minimum absolute atomic E-state index is 0.0545. The Morgan fingerprint density at radius 2 is 2.06 bits per heavy atom. The minimum Gasteiger partial charge on any atom is -0.466 e. The van der Waals surface area contributed by atoms with Gasteiger partial charge in [0.15, 0.2) is 0 Å². The number of carbonyl (C=O) groups excluding carboxylic acids is 1. The predicted octanol–water partition coefficient (Wildman–Crippen LogP) is 3.99. The Balaban J connectivity index is 1.78. The van der Waals surface area contributed by atoms with Gasteiger partial charge in [0, 0.05) is 25.4 Å². The van der Waals surface area contributed by atoms with Crippen molar-refractivity contribution in [2.45, 2.75) is 83.5 Å². The van der Waals surface area contributed by atoms with Crippen LogP contribution in [0.25, 0.3) is 5.70 Å². The first-order valence-corrected chi connectivity index (χ1v) is 11.4. The van der Waals surface area contributed by atoms with Gasteiger partial charge in [-0.25, -0.2) is 4.98 Å². The van der Waals surface area contributed by atoms with Gasteiger partial charge < -0.3 is 20.5 Å². The number of alkyl halides is 2. The van der Waals surface area contributed by atoms with Gasteiger partial charge in [-0.3, -0.25) is 4.79 Å². The molecule has 1 spiro atoms. The highest BCUT2D eigenvalue weighted by Crippen LogP contribution is 2.44. The number of aliphatic hydroxyl groups excluding tert-OH is 1. The SMILES string of the molecule is C=CC[C@H](NC(=O)C(C)(F)F)C(O)CNC1=CC2(CCC2)Oc2ncc(CC(C)(C)C)cc21. The summed E-state index contributed by atoms with van der Waals surface area (Å²) in [4.78, 5) is 16.3. The molecule has 6 nitrogen and oxygen atoms in total. The van der Waals surface area contributed by atoms with E-state index in [0.717, 1.165) is 42.5 Å². The number of aromatic nitrogens is 1. The molecule has 3 N–H and O–H groups in total. The Bertz CT molecular complexity index is 914. The molecule has 1 aliphatic heterocycles. The van der Waals surface area contributed by atoms with Gasteiger partial charge in [-0.05, 0) is 55.2 Å². The Hall–Kier alpha value is -2.48. The van der Waals surface area contributed by atoms with Gasteiger partial charge in [-0.1, -0.05) is 26.8 Å². The van der Waals surface area contributed by atoms with E-state index in [1.165, 1.54) is 6.08 Å². The van der Waals surface area contributed by atoms with E-state index in [-0.39, 0.29) is 18.4 Å². The maximum absolute atomic E-state index is 13.3. The molecule has 1 amide bonds. The van der Waals surface area contributed by atoms with E-state index in [0.29, 0.717) is 12.8 Å². The Morgan fingerprint density at radius 3 is 2.61 bits per heavy atom. The smallest absolute Gasteiger partial charge is 0.321 e. The average molecular weight is 464 g/mol. The summed E-state index contributed by atoms with van der Waals surface area (Å²) < 4.78 is 32.9. The number of hydrogen-bond donors (Lipinski definition) is 3. The molecule has 1 unspecified atom stereocenters. The van der Waals surface area contributed by atoms with E-state index in [9.17, 15) is 18.7 Å². The lowest BCUT2D eigenvalue weighted by atomic mass is 9.77. The molecular weight excluding hydrogens is 428 g/mol. The summed E-state index contributed by atoms with van der Waals surface area (Å²) in [5.74, 6) is -4.40. The van der Waals surface area contributed by atoms with Crippen molar-refractivity contribution in [2.24, 2.45) is 5.41 Å². The zero-order valence-corrected chi connectivity index (χ0v) is 19.9. The maximum atomic E-state index is 13.3. The first-order valence-electron chi connectivity index (χ1n) is 11.4. The molecule has 2 atom stereocenters. The fraction of sp³-hybridized carbons (Fsp3) is 0.600. The number of fused-ring (bicyclic) bond motifs is 1. The molecule has 2 aliphatic rings. The summed E-state index contributed by atoms with van der Waals surface area (Å²) in [7, 11) is 0. The van der Waals surface area contributed by atoms with Crippen LogP contribution in [0.4, 0.5) is 8.78 Å². The molecule has 182 valence electrons. The Kier molecular flexibility index (Phi) is 7.17. The van der Waals surface area contributed by atoms with Crippen molar-refractivity contribution >= 4 is 11.6 Å².